The molecule has 42 heavy (non-hydrogen) atoms. The van der Waals surface area contributed by atoms with Crippen LogP contribution in [0.4, 0.5) is 14.4 Å². The second kappa shape index (κ2) is 15.1. The van der Waals surface area contributed by atoms with E-state index in [9.17, 15) is 32.1 Å². The van der Waals surface area contributed by atoms with Crippen molar-refractivity contribution < 1.29 is 80.3 Å². The molecule has 2 bridgehead atoms. The largest absolute Gasteiger partial charge is 1.00 e. The Morgan fingerprint density at radius 1 is 1.02 bits per heavy atom. The summed E-state index contributed by atoms with van der Waals surface area (Å²) in [6.07, 6.45) is -1.33. The minimum Gasteiger partial charge on any atom is -0.724 e. The van der Waals surface area contributed by atoms with E-state index in [4.69, 9.17) is 19.7 Å². The van der Waals surface area contributed by atoms with E-state index in [1.165, 1.54) is 0 Å². The molecule has 0 aromatic carbocycles. The van der Waals surface area contributed by atoms with Crippen LogP contribution in [0.25, 0.3) is 0 Å². The Morgan fingerprint density at radius 2 is 1.57 bits per heavy atom. The minimum atomic E-state index is -5.15. The Hall–Kier alpha value is -2.71. The number of guanidine groups is 1. The quantitative estimate of drug-likeness (QED) is 0.0429. The first-order valence-corrected chi connectivity index (χ1v) is 13.9. The van der Waals surface area contributed by atoms with Gasteiger partial charge < -0.3 is 29.1 Å². The summed E-state index contributed by atoms with van der Waals surface area (Å²) in [6.45, 7) is 9.77. The zero-order valence-corrected chi connectivity index (χ0v) is 27.5. The third-order valence-corrected chi connectivity index (χ3v) is 5.48. The number of oxime groups is 1. The van der Waals surface area contributed by atoms with Crippen LogP contribution >= 0.6 is 0 Å². The molecule has 20 heteroatoms. The fourth-order valence-corrected chi connectivity index (χ4v) is 4.09. The molecular formula is C22H36N7NaO11S. The molecule has 0 spiro atoms. The molecule has 0 unspecified atom stereocenters. The van der Waals surface area contributed by atoms with Crippen LogP contribution in [-0.2, 0) is 33.8 Å². The number of amides is 5. The molecule has 0 aromatic heterocycles. The van der Waals surface area contributed by atoms with Gasteiger partial charge in [-0.1, -0.05) is 0 Å². The van der Waals surface area contributed by atoms with Crippen molar-refractivity contribution in [3.8, 4) is 0 Å². The van der Waals surface area contributed by atoms with Crippen molar-refractivity contribution in [1.82, 2.24) is 25.9 Å². The summed E-state index contributed by atoms with van der Waals surface area (Å²) in [6, 6.07) is -2.40. The van der Waals surface area contributed by atoms with Crippen LogP contribution in [0.5, 0.6) is 0 Å². The molecule has 2 heterocycles. The average Bonchev–Trinajstić information content (AvgIpc) is 2.99. The Morgan fingerprint density at radius 3 is 2.07 bits per heavy atom. The van der Waals surface area contributed by atoms with Crippen LogP contribution in [0, 0.1) is 5.41 Å². The molecule has 18 nitrogen and oxygen atoms in total. The second-order valence-electron chi connectivity index (χ2n) is 11.1. The van der Waals surface area contributed by atoms with E-state index < -0.39 is 63.8 Å². The maximum Gasteiger partial charge on any atom is 1.00 e. The molecule has 0 radical (unpaired) electrons. The molecule has 2 saturated heterocycles. The fourth-order valence-electron chi connectivity index (χ4n) is 3.71. The van der Waals surface area contributed by atoms with Gasteiger partial charge in [0.05, 0.1) is 12.1 Å². The first-order valence-electron chi connectivity index (χ1n) is 12.6. The number of hydroxylamine groups is 2. The standard InChI is InChI=1S/C22H37N7O11S.Na/c1-21(2,3)38-18(31)25-17(26-19(32)39-22(4,5)6)27-37-11-7-8-15(30)24-16(23)14-10-9-13-12-28(14)20(33)29(13)40-41(34,35)36;/h13-14H,7-12H2,1-6H3,(H2,23,24,30)(H,34,35,36)(H2,25,26,27,31,32);/q;+1/p-1/t13-,14+;/m1./s1. The summed E-state index contributed by atoms with van der Waals surface area (Å²) < 4.78 is 47.2. The van der Waals surface area contributed by atoms with E-state index >= 15 is 0 Å². The Bertz CT molecular complexity index is 1140. The number of hydrogen-bond acceptors (Lipinski definition) is 13. The number of amidine groups is 1. The second-order valence-corrected chi connectivity index (χ2v) is 12.0. The van der Waals surface area contributed by atoms with Crippen molar-refractivity contribution in [2.24, 2.45) is 5.16 Å². The van der Waals surface area contributed by atoms with Gasteiger partial charge in [-0.25, -0.2) is 22.8 Å². The van der Waals surface area contributed by atoms with Gasteiger partial charge in [-0.2, -0.15) is 9.35 Å². The van der Waals surface area contributed by atoms with Crippen LogP contribution in [0.15, 0.2) is 5.16 Å². The normalized spacial score (nSPS) is 18.3. The first kappa shape index (κ1) is 37.3. The number of carbonyl (C=O) groups excluding carboxylic acids is 4. The third kappa shape index (κ3) is 13.1. The summed E-state index contributed by atoms with van der Waals surface area (Å²) in [4.78, 5) is 55.2. The summed E-state index contributed by atoms with van der Waals surface area (Å²) in [5.41, 5.74) is -1.65. The van der Waals surface area contributed by atoms with Gasteiger partial charge in [-0.15, -0.1) is 0 Å². The van der Waals surface area contributed by atoms with Gasteiger partial charge in [0.25, 0.3) is 5.96 Å². The molecule has 0 saturated carbocycles. The molecule has 0 aliphatic carbocycles. The average molecular weight is 630 g/mol. The van der Waals surface area contributed by atoms with Crippen LogP contribution in [0.1, 0.15) is 67.2 Å². The van der Waals surface area contributed by atoms with Crippen LogP contribution in [0.3, 0.4) is 0 Å². The van der Waals surface area contributed by atoms with Gasteiger partial charge in [0.15, 0.2) is 0 Å². The molecule has 0 aromatic rings. The van der Waals surface area contributed by atoms with Crippen molar-refractivity contribution >= 4 is 46.3 Å². The van der Waals surface area contributed by atoms with Gasteiger partial charge in [0.1, 0.15) is 23.6 Å². The van der Waals surface area contributed by atoms with Gasteiger partial charge in [-0.05, 0) is 66.0 Å². The monoisotopic (exact) mass is 629 g/mol. The van der Waals surface area contributed by atoms with Crippen molar-refractivity contribution in [1.29, 1.82) is 5.41 Å². The van der Waals surface area contributed by atoms with Gasteiger partial charge >= 0.3 is 47.8 Å². The molecule has 2 fully saturated rings. The Labute approximate surface area is 265 Å². The van der Waals surface area contributed by atoms with Crippen LogP contribution in [-0.4, -0.2) is 95.3 Å². The Kier molecular flexibility index (Phi) is 13.5. The molecule has 2 atom stereocenters. The summed E-state index contributed by atoms with van der Waals surface area (Å²) in [7, 11) is -5.15. The smallest absolute Gasteiger partial charge is 0.724 e. The molecule has 2 rings (SSSR count). The Balaban J connectivity index is 0.00000882. The number of nitrogens with one attached hydrogen (secondary N) is 4. The van der Waals surface area contributed by atoms with Crippen molar-refractivity contribution in [3.05, 3.63) is 0 Å². The minimum absolute atomic E-state index is 0. The summed E-state index contributed by atoms with van der Waals surface area (Å²) in [5.74, 6) is -1.25. The zero-order chi connectivity index (χ0) is 31.2. The molecular weight excluding hydrogens is 593 g/mol. The topological polar surface area (TPSA) is 241 Å². The molecule has 4 N–H and O–H groups in total. The molecule has 2 aliphatic heterocycles. The maximum atomic E-state index is 12.5. The SMILES string of the molecule is CC(C)(C)OC(=O)NC(=NOCCCC(=O)NC(=N)[C@@H]1CC[C@@H]2CN1C(=O)N2OS(=O)(=O)[O-])NC(=O)OC(C)(C)C.[Na+]. The first-order chi connectivity index (χ1) is 18.7. The molecule has 2 aliphatic rings. The molecule has 232 valence electrons. The van der Waals surface area contributed by atoms with Crippen LogP contribution in [0.2, 0.25) is 0 Å². The van der Waals surface area contributed by atoms with E-state index in [1.807, 2.05) is 0 Å². The summed E-state index contributed by atoms with van der Waals surface area (Å²) in [5, 5.41) is 19.2. The van der Waals surface area contributed by atoms with E-state index in [1.54, 1.807) is 41.5 Å². The van der Waals surface area contributed by atoms with E-state index in [-0.39, 0.29) is 74.2 Å². The number of fused-ring (bicyclic) bond motifs is 2. The van der Waals surface area contributed by atoms with Gasteiger partial charge in [0, 0.05) is 13.0 Å². The number of hydrogen-bond donors (Lipinski definition) is 4. The zero-order valence-electron chi connectivity index (χ0n) is 24.6. The van der Waals surface area contributed by atoms with Crippen molar-refractivity contribution in [2.45, 2.75) is 90.5 Å². The number of ether oxygens (including phenoxy) is 2. The van der Waals surface area contributed by atoms with E-state index in [0.717, 1.165) is 4.90 Å². The number of nitrogens with zero attached hydrogens (tertiary/aromatic N) is 3. The van der Waals surface area contributed by atoms with Gasteiger partial charge in [-0.3, -0.25) is 20.8 Å². The number of rotatable bonds is 8. The third-order valence-electron chi connectivity index (χ3n) is 5.14. The van der Waals surface area contributed by atoms with E-state index in [2.05, 4.69) is 25.4 Å². The number of piperidine rings is 1. The molecule has 5 amide bonds. The summed E-state index contributed by atoms with van der Waals surface area (Å²) >= 11 is 0. The van der Waals surface area contributed by atoms with Crippen molar-refractivity contribution in [2.75, 3.05) is 13.2 Å². The van der Waals surface area contributed by atoms with Crippen molar-refractivity contribution in [3.63, 3.8) is 0 Å². The number of urea groups is 1. The van der Waals surface area contributed by atoms with E-state index in [0.29, 0.717) is 5.06 Å². The maximum absolute atomic E-state index is 12.5. The van der Waals surface area contributed by atoms with Crippen LogP contribution < -0.4 is 45.5 Å². The number of carbonyl (C=O) groups is 4. The predicted octanol–water partition coefficient (Wildman–Crippen LogP) is -2.14. The number of alkyl carbamates (subject to hydrolysis) is 2. The van der Waals surface area contributed by atoms with Gasteiger partial charge in [0.2, 0.25) is 16.3 Å². The fraction of sp³-hybridized carbons (Fsp3) is 0.727. The predicted molar refractivity (Wildman–Crippen MR) is 139 cm³/mol.